The molecule has 3 rings (SSSR count). The fourth-order valence-corrected chi connectivity index (χ4v) is 3.13. The summed E-state index contributed by atoms with van der Waals surface area (Å²) < 4.78 is 5.18. The van der Waals surface area contributed by atoms with Crippen LogP contribution in [0, 0.1) is 0 Å². The number of amides is 3. The monoisotopic (exact) mass is 437 g/mol. The van der Waals surface area contributed by atoms with Crippen LogP contribution in [0.25, 0.3) is 0 Å². The maximum atomic E-state index is 13.1. The van der Waals surface area contributed by atoms with Crippen molar-refractivity contribution in [2.24, 2.45) is 4.99 Å². The highest BCUT2D eigenvalue weighted by Crippen LogP contribution is 2.26. The molecule has 1 aliphatic heterocycles. The van der Waals surface area contributed by atoms with Gasteiger partial charge in [0.1, 0.15) is 11.6 Å². The van der Waals surface area contributed by atoms with E-state index < -0.39 is 35.7 Å². The lowest BCUT2D eigenvalue weighted by atomic mass is 10.0. The van der Waals surface area contributed by atoms with E-state index in [1.165, 1.54) is 11.8 Å². The van der Waals surface area contributed by atoms with E-state index in [0.29, 0.717) is 17.1 Å². The zero-order valence-corrected chi connectivity index (χ0v) is 18.7. The number of benzodiazepines with no additional fused rings is 1. The molecule has 0 fully saturated rings. The molecule has 2 aromatic rings. The minimum Gasteiger partial charge on any atom is -0.444 e. The van der Waals surface area contributed by atoms with Gasteiger partial charge in [-0.25, -0.2) is 9.79 Å². The Labute approximate surface area is 186 Å². The number of anilines is 1. The first kappa shape index (κ1) is 22.9. The highest BCUT2D eigenvalue weighted by atomic mass is 16.6. The minimum atomic E-state index is -1.19. The largest absolute Gasteiger partial charge is 0.444 e. The number of hydrogen-bond acceptors (Lipinski definition) is 6. The first-order valence-electron chi connectivity index (χ1n) is 10.2. The molecule has 1 unspecified atom stereocenters. The molecule has 2 N–H and O–H groups in total. The Morgan fingerprint density at radius 1 is 1.12 bits per heavy atom. The number of likely N-dealkylation sites (N-methyl/N-ethyl adjacent to an activating group) is 1. The number of fused-ring (bicyclic) bond motifs is 1. The second kappa shape index (κ2) is 9.17. The van der Waals surface area contributed by atoms with Crippen LogP contribution in [-0.2, 0) is 14.3 Å². The average molecular weight is 438 g/mol. The molecule has 0 spiro atoms. The van der Waals surface area contributed by atoms with Crippen molar-refractivity contribution in [3.63, 3.8) is 0 Å². The summed E-state index contributed by atoms with van der Waals surface area (Å²) in [5.41, 5.74) is 1.73. The van der Waals surface area contributed by atoms with Gasteiger partial charge >= 0.3 is 6.09 Å². The molecule has 168 valence electrons. The van der Waals surface area contributed by atoms with E-state index in [-0.39, 0.29) is 0 Å². The van der Waals surface area contributed by atoms with Crippen LogP contribution in [0.15, 0.2) is 53.7 Å². The first-order chi connectivity index (χ1) is 15.1. The maximum absolute atomic E-state index is 13.1. The highest BCUT2D eigenvalue weighted by Gasteiger charge is 2.32. The summed E-state index contributed by atoms with van der Waals surface area (Å²) in [5.74, 6) is -0.987. The Hall–Kier alpha value is -3.75. The van der Waals surface area contributed by atoms with Crippen LogP contribution in [-0.4, -0.2) is 53.5 Å². The van der Waals surface area contributed by atoms with Crippen molar-refractivity contribution in [1.29, 1.82) is 0 Å². The fourth-order valence-electron chi connectivity index (χ4n) is 3.13. The van der Waals surface area contributed by atoms with Gasteiger partial charge in [0.05, 0.1) is 17.1 Å². The van der Waals surface area contributed by atoms with Crippen molar-refractivity contribution in [3.05, 3.63) is 59.9 Å². The molecule has 3 amide bonds. The van der Waals surface area contributed by atoms with Gasteiger partial charge in [0.25, 0.3) is 5.91 Å². The van der Waals surface area contributed by atoms with E-state index in [1.807, 2.05) is 30.3 Å². The standard InChI is InChI=1S/C23H27N5O4/c1-14(25-22(31)32-23(2,3)4)20(29)27-19-21(30)28(5)17-12-7-6-10-15(17)18(26-19)16-11-8-9-13-24-16/h6-14,19H,1-5H3,(H,25,31)(H,27,29)/t14-,19?/m0/s1. The Bertz CT molecular complexity index is 1050. The van der Waals surface area contributed by atoms with Crippen LogP contribution < -0.4 is 15.5 Å². The van der Waals surface area contributed by atoms with Crippen molar-refractivity contribution >= 4 is 29.3 Å². The predicted molar refractivity (Wildman–Crippen MR) is 120 cm³/mol. The van der Waals surface area contributed by atoms with Crippen molar-refractivity contribution in [2.45, 2.75) is 45.5 Å². The maximum Gasteiger partial charge on any atom is 0.408 e. The van der Waals surface area contributed by atoms with Crippen LogP contribution in [0.5, 0.6) is 0 Å². The minimum absolute atomic E-state index is 0.416. The van der Waals surface area contributed by atoms with Gasteiger partial charge in [0.2, 0.25) is 12.1 Å². The number of hydrogen-bond donors (Lipinski definition) is 2. The highest BCUT2D eigenvalue weighted by molar-refractivity contribution is 6.19. The molecular formula is C23H27N5O4. The molecular weight excluding hydrogens is 410 g/mol. The van der Waals surface area contributed by atoms with E-state index in [1.54, 1.807) is 46.1 Å². The normalized spacial score (nSPS) is 16.9. The van der Waals surface area contributed by atoms with Gasteiger partial charge in [0, 0.05) is 18.8 Å². The molecule has 32 heavy (non-hydrogen) atoms. The average Bonchev–Trinajstić information content (AvgIpc) is 2.83. The number of aromatic nitrogens is 1. The number of ether oxygens (including phenoxy) is 1. The number of benzene rings is 1. The zero-order valence-electron chi connectivity index (χ0n) is 18.7. The molecule has 9 nitrogen and oxygen atoms in total. The van der Waals surface area contributed by atoms with E-state index in [9.17, 15) is 14.4 Å². The van der Waals surface area contributed by atoms with Crippen LogP contribution >= 0.6 is 0 Å². The smallest absolute Gasteiger partial charge is 0.408 e. The third-order valence-electron chi connectivity index (χ3n) is 4.66. The molecule has 9 heteroatoms. The molecule has 2 heterocycles. The predicted octanol–water partition coefficient (Wildman–Crippen LogP) is 2.25. The van der Waals surface area contributed by atoms with Gasteiger partial charge in [-0.3, -0.25) is 14.6 Å². The Morgan fingerprint density at radius 2 is 1.81 bits per heavy atom. The number of pyridine rings is 1. The fraction of sp³-hybridized carbons (Fsp3) is 0.348. The summed E-state index contributed by atoms with van der Waals surface area (Å²) in [6, 6.07) is 11.8. The van der Waals surface area contributed by atoms with E-state index >= 15 is 0 Å². The molecule has 1 aliphatic rings. The Balaban J connectivity index is 1.88. The summed E-state index contributed by atoms with van der Waals surface area (Å²) in [4.78, 5) is 48.3. The topological polar surface area (TPSA) is 113 Å². The van der Waals surface area contributed by atoms with Crippen LogP contribution in [0.3, 0.4) is 0 Å². The molecule has 1 aromatic heterocycles. The molecule has 0 radical (unpaired) electrons. The van der Waals surface area contributed by atoms with Gasteiger partial charge in [-0.2, -0.15) is 0 Å². The van der Waals surface area contributed by atoms with Gasteiger partial charge in [-0.15, -0.1) is 0 Å². The summed E-state index contributed by atoms with van der Waals surface area (Å²) in [5, 5.41) is 5.09. The molecule has 1 aromatic carbocycles. The number of para-hydroxylation sites is 1. The van der Waals surface area contributed by atoms with E-state index in [0.717, 1.165) is 5.56 Å². The number of carbonyl (C=O) groups excluding carboxylic acids is 3. The second-order valence-corrected chi connectivity index (χ2v) is 8.39. The second-order valence-electron chi connectivity index (χ2n) is 8.39. The van der Waals surface area contributed by atoms with Crippen molar-refractivity contribution in [3.8, 4) is 0 Å². The number of rotatable bonds is 4. The zero-order chi connectivity index (χ0) is 23.5. The van der Waals surface area contributed by atoms with Gasteiger partial charge in [0.15, 0.2) is 0 Å². The lowest BCUT2D eigenvalue weighted by molar-refractivity contribution is -0.128. The molecule has 2 atom stereocenters. The SMILES string of the molecule is C[C@H](NC(=O)OC(C)(C)C)C(=O)NC1N=C(c2ccccn2)c2ccccc2N(C)C1=O. The number of nitrogens with zero attached hydrogens (tertiary/aromatic N) is 3. The van der Waals surface area contributed by atoms with Gasteiger partial charge in [-0.05, 0) is 45.9 Å². The van der Waals surface area contributed by atoms with E-state index in [4.69, 9.17) is 4.74 Å². The van der Waals surface area contributed by atoms with Crippen molar-refractivity contribution < 1.29 is 19.1 Å². The van der Waals surface area contributed by atoms with Gasteiger partial charge < -0.3 is 20.3 Å². The Morgan fingerprint density at radius 3 is 2.47 bits per heavy atom. The number of alkyl carbamates (subject to hydrolysis) is 1. The molecule has 0 saturated carbocycles. The Kier molecular flexibility index (Phi) is 6.57. The molecule has 0 bridgehead atoms. The van der Waals surface area contributed by atoms with Crippen LogP contribution in [0.2, 0.25) is 0 Å². The summed E-state index contributed by atoms with van der Waals surface area (Å²) in [7, 11) is 1.62. The van der Waals surface area contributed by atoms with Crippen LogP contribution in [0.4, 0.5) is 10.5 Å². The third-order valence-corrected chi connectivity index (χ3v) is 4.66. The van der Waals surface area contributed by atoms with Crippen molar-refractivity contribution in [1.82, 2.24) is 15.6 Å². The molecule has 0 saturated heterocycles. The lowest BCUT2D eigenvalue weighted by Gasteiger charge is -2.23. The number of nitrogens with one attached hydrogen (secondary N) is 2. The molecule has 0 aliphatic carbocycles. The number of carbonyl (C=O) groups is 3. The third kappa shape index (κ3) is 5.29. The summed E-state index contributed by atoms with van der Waals surface area (Å²) >= 11 is 0. The van der Waals surface area contributed by atoms with Gasteiger partial charge in [-0.1, -0.05) is 24.3 Å². The van der Waals surface area contributed by atoms with Crippen molar-refractivity contribution in [2.75, 3.05) is 11.9 Å². The summed E-state index contributed by atoms with van der Waals surface area (Å²) in [6.45, 7) is 6.68. The summed E-state index contributed by atoms with van der Waals surface area (Å²) in [6.07, 6.45) is -0.286. The number of aliphatic imine (C=N–C) groups is 1. The van der Waals surface area contributed by atoms with E-state index in [2.05, 4.69) is 20.6 Å². The lowest BCUT2D eigenvalue weighted by Crippen LogP contribution is -2.52. The van der Waals surface area contributed by atoms with Crippen LogP contribution in [0.1, 0.15) is 39.0 Å². The quantitative estimate of drug-likeness (QED) is 0.762. The first-order valence-corrected chi connectivity index (χ1v) is 10.2.